The molecule has 0 aromatic heterocycles. The second-order valence-electron chi connectivity index (χ2n) is 5.76. The van der Waals surface area contributed by atoms with Crippen LogP contribution in [0.15, 0.2) is 48.5 Å². The van der Waals surface area contributed by atoms with Gasteiger partial charge in [-0.1, -0.05) is 31.5 Å². The van der Waals surface area contributed by atoms with E-state index in [1.807, 2.05) is 30.3 Å². The number of rotatable bonds is 9. The number of hydrogen-bond acceptors (Lipinski definition) is 4. The minimum Gasteiger partial charge on any atom is -0.491 e. The van der Waals surface area contributed by atoms with Crippen molar-refractivity contribution in [2.45, 2.75) is 19.8 Å². The summed E-state index contributed by atoms with van der Waals surface area (Å²) >= 11 is 0. The van der Waals surface area contributed by atoms with E-state index in [1.54, 1.807) is 25.2 Å². The topological polar surface area (TPSA) is 79.5 Å². The number of ether oxygens (including phenoxy) is 1. The fourth-order valence-electron chi connectivity index (χ4n) is 2.31. The number of benzene rings is 2. The van der Waals surface area contributed by atoms with Gasteiger partial charge in [-0.15, -0.1) is 0 Å². The molecule has 0 bridgehead atoms. The second-order valence-corrected chi connectivity index (χ2v) is 5.76. The summed E-state index contributed by atoms with van der Waals surface area (Å²) in [4.78, 5) is 23.9. The van der Waals surface area contributed by atoms with Crippen molar-refractivity contribution in [2.75, 3.05) is 30.8 Å². The lowest BCUT2D eigenvalue weighted by Gasteiger charge is -2.13. The molecule has 0 aliphatic carbocycles. The van der Waals surface area contributed by atoms with Crippen molar-refractivity contribution >= 4 is 23.2 Å². The molecule has 0 fully saturated rings. The van der Waals surface area contributed by atoms with Crippen LogP contribution in [0.2, 0.25) is 0 Å². The molecule has 0 aliphatic rings. The van der Waals surface area contributed by atoms with Crippen LogP contribution in [0.25, 0.3) is 0 Å². The van der Waals surface area contributed by atoms with Gasteiger partial charge in [-0.25, -0.2) is 0 Å². The molecule has 6 nitrogen and oxygen atoms in total. The maximum absolute atomic E-state index is 12.2. The zero-order chi connectivity index (χ0) is 18.8. The van der Waals surface area contributed by atoms with E-state index in [2.05, 4.69) is 22.9 Å². The lowest BCUT2D eigenvalue weighted by atomic mass is 10.2. The lowest BCUT2D eigenvalue weighted by molar-refractivity contribution is -0.114. The van der Waals surface area contributed by atoms with Crippen LogP contribution in [0.4, 0.5) is 11.4 Å². The maximum atomic E-state index is 12.2. The Morgan fingerprint density at radius 3 is 2.65 bits per heavy atom. The molecular weight excluding hydrogens is 330 g/mol. The summed E-state index contributed by atoms with van der Waals surface area (Å²) in [6.07, 6.45) is 2.01. The normalized spacial score (nSPS) is 10.1. The van der Waals surface area contributed by atoms with Crippen molar-refractivity contribution in [3.63, 3.8) is 0 Å². The van der Waals surface area contributed by atoms with Crippen LogP contribution < -0.4 is 20.7 Å². The molecule has 138 valence electrons. The molecule has 0 saturated heterocycles. The van der Waals surface area contributed by atoms with Crippen LogP contribution in [0, 0.1) is 0 Å². The van der Waals surface area contributed by atoms with E-state index in [9.17, 15) is 9.59 Å². The van der Waals surface area contributed by atoms with Gasteiger partial charge in [-0.2, -0.15) is 0 Å². The molecule has 0 spiro atoms. The molecule has 3 N–H and O–H groups in total. The Labute approximate surface area is 153 Å². The highest BCUT2D eigenvalue weighted by atomic mass is 16.5. The van der Waals surface area contributed by atoms with Crippen LogP contribution in [-0.4, -0.2) is 32.0 Å². The van der Waals surface area contributed by atoms with Crippen LogP contribution in [0.5, 0.6) is 5.75 Å². The summed E-state index contributed by atoms with van der Waals surface area (Å²) in [6, 6.07) is 14.4. The molecule has 0 aliphatic heterocycles. The standard InChI is InChI=1S/C20H25N3O3/c1-3-4-12-26-18-11-6-5-10-17(18)23-19(24)14-22-16-9-7-8-15(13-16)20(25)21-2/h5-11,13,22H,3-4,12,14H2,1-2H3,(H,21,25)(H,23,24). The number of carbonyl (C=O) groups excluding carboxylic acids is 2. The number of nitrogens with one attached hydrogen (secondary N) is 3. The summed E-state index contributed by atoms with van der Waals surface area (Å²) in [5.41, 5.74) is 1.89. The van der Waals surface area contributed by atoms with Gasteiger partial charge in [0.1, 0.15) is 5.75 Å². The van der Waals surface area contributed by atoms with E-state index in [4.69, 9.17) is 4.74 Å². The first-order valence-electron chi connectivity index (χ1n) is 8.71. The lowest BCUT2D eigenvalue weighted by Crippen LogP contribution is -2.22. The number of para-hydroxylation sites is 2. The average Bonchev–Trinajstić information content (AvgIpc) is 2.67. The van der Waals surface area contributed by atoms with Gasteiger partial charge in [0, 0.05) is 18.3 Å². The highest BCUT2D eigenvalue weighted by Gasteiger charge is 2.08. The fourth-order valence-corrected chi connectivity index (χ4v) is 2.31. The van der Waals surface area contributed by atoms with E-state index in [1.165, 1.54) is 0 Å². The van der Waals surface area contributed by atoms with E-state index in [0.29, 0.717) is 29.3 Å². The molecule has 6 heteroatoms. The molecule has 2 aromatic rings. The molecular formula is C20H25N3O3. The van der Waals surface area contributed by atoms with Crippen molar-refractivity contribution in [3.8, 4) is 5.75 Å². The highest BCUT2D eigenvalue weighted by molar-refractivity contribution is 5.96. The summed E-state index contributed by atoms with van der Waals surface area (Å²) in [5, 5.41) is 8.45. The number of anilines is 2. The zero-order valence-electron chi connectivity index (χ0n) is 15.2. The molecule has 26 heavy (non-hydrogen) atoms. The monoisotopic (exact) mass is 355 g/mol. The summed E-state index contributed by atoms with van der Waals surface area (Å²) in [6.45, 7) is 2.80. The van der Waals surface area contributed by atoms with Crippen molar-refractivity contribution in [3.05, 3.63) is 54.1 Å². The van der Waals surface area contributed by atoms with Crippen LogP contribution in [0.3, 0.4) is 0 Å². The van der Waals surface area contributed by atoms with Crippen molar-refractivity contribution in [2.24, 2.45) is 0 Å². The Morgan fingerprint density at radius 2 is 1.88 bits per heavy atom. The quantitative estimate of drug-likeness (QED) is 0.603. The summed E-state index contributed by atoms with van der Waals surface area (Å²) in [7, 11) is 1.58. The van der Waals surface area contributed by atoms with Crippen molar-refractivity contribution in [1.29, 1.82) is 0 Å². The van der Waals surface area contributed by atoms with Gasteiger partial charge in [0.2, 0.25) is 5.91 Å². The predicted molar refractivity (Wildman–Crippen MR) is 104 cm³/mol. The SMILES string of the molecule is CCCCOc1ccccc1NC(=O)CNc1cccc(C(=O)NC)c1. The first-order chi connectivity index (χ1) is 12.6. The van der Waals surface area contributed by atoms with Gasteiger partial charge in [-0.3, -0.25) is 9.59 Å². The number of hydrogen-bond donors (Lipinski definition) is 3. The predicted octanol–water partition coefficient (Wildman–Crippen LogP) is 3.28. The number of carbonyl (C=O) groups is 2. The van der Waals surface area contributed by atoms with E-state index in [0.717, 1.165) is 12.8 Å². The largest absolute Gasteiger partial charge is 0.491 e. The van der Waals surface area contributed by atoms with Gasteiger partial charge in [0.15, 0.2) is 0 Å². The Hall–Kier alpha value is -3.02. The Kier molecular flexibility index (Phi) is 7.49. The average molecular weight is 355 g/mol. The van der Waals surface area contributed by atoms with Gasteiger partial charge in [0.25, 0.3) is 5.91 Å². The first kappa shape index (κ1) is 19.3. The van der Waals surface area contributed by atoms with Gasteiger partial charge in [0.05, 0.1) is 18.8 Å². The molecule has 2 rings (SSSR count). The van der Waals surface area contributed by atoms with Gasteiger partial charge in [-0.05, 0) is 36.8 Å². The van der Waals surface area contributed by atoms with Crippen molar-refractivity contribution < 1.29 is 14.3 Å². The number of amides is 2. The summed E-state index contributed by atoms with van der Waals surface area (Å²) < 4.78 is 5.72. The van der Waals surface area contributed by atoms with Crippen LogP contribution in [-0.2, 0) is 4.79 Å². The molecule has 2 aromatic carbocycles. The molecule has 2 amide bonds. The van der Waals surface area contributed by atoms with Crippen LogP contribution in [0.1, 0.15) is 30.1 Å². The molecule has 0 unspecified atom stereocenters. The third-order valence-corrected chi connectivity index (χ3v) is 3.72. The Balaban J connectivity index is 1.92. The van der Waals surface area contributed by atoms with Crippen LogP contribution >= 0.6 is 0 Å². The minimum absolute atomic E-state index is 0.0838. The number of unbranched alkanes of at least 4 members (excludes halogenated alkanes) is 1. The summed E-state index contributed by atoms with van der Waals surface area (Å²) in [5.74, 6) is 0.300. The van der Waals surface area contributed by atoms with Crippen molar-refractivity contribution in [1.82, 2.24) is 5.32 Å². The zero-order valence-corrected chi connectivity index (χ0v) is 15.2. The second kappa shape index (κ2) is 10.1. The van der Waals surface area contributed by atoms with E-state index < -0.39 is 0 Å². The fraction of sp³-hybridized carbons (Fsp3) is 0.300. The third kappa shape index (κ3) is 5.81. The van der Waals surface area contributed by atoms with Gasteiger partial charge >= 0.3 is 0 Å². The molecule has 0 radical (unpaired) electrons. The molecule has 0 heterocycles. The Morgan fingerprint density at radius 1 is 1.08 bits per heavy atom. The molecule has 0 saturated carbocycles. The third-order valence-electron chi connectivity index (χ3n) is 3.72. The first-order valence-corrected chi connectivity index (χ1v) is 8.71. The molecule has 0 atom stereocenters. The highest BCUT2D eigenvalue weighted by Crippen LogP contribution is 2.24. The van der Waals surface area contributed by atoms with E-state index >= 15 is 0 Å². The maximum Gasteiger partial charge on any atom is 0.251 e. The smallest absolute Gasteiger partial charge is 0.251 e. The van der Waals surface area contributed by atoms with E-state index in [-0.39, 0.29) is 18.4 Å². The Bertz CT molecular complexity index is 747. The van der Waals surface area contributed by atoms with Gasteiger partial charge < -0.3 is 20.7 Å². The minimum atomic E-state index is -0.193.